The summed E-state index contributed by atoms with van der Waals surface area (Å²) in [4.78, 5) is 21.6. The summed E-state index contributed by atoms with van der Waals surface area (Å²) in [6, 6.07) is -0.301. The number of carbonyl (C=O) groups is 2. The van der Waals surface area contributed by atoms with Crippen LogP contribution >= 0.6 is 0 Å². The van der Waals surface area contributed by atoms with Crippen LogP contribution in [0, 0.1) is 0 Å². The first-order valence-electron chi connectivity index (χ1n) is 5.21. The average molecular weight is 232 g/mol. The van der Waals surface area contributed by atoms with Gasteiger partial charge in [-0.3, -0.25) is 0 Å². The van der Waals surface area contributed by atoms with Gasteiger partial charge in [-0.2, -0.15) is 0 Å². The van der Waals surface area contributed by atoms with Gasteiger partial charge in [0.2, 0.25) is 0 Å². The summed E-state index contributed by atoms with van der Waals surface area (Å²) in [7, 11) is 0. The zero-order valence-corrected chi connectivity index (χ0v) is 10.2. The van der Waals surface area contributed by atoms with Gasteiger partial charge in [-0.1, -0.05) is 6.92 Å². The normalized spacial score (nSPS) is 12.8. The van der Waals surface area contributed by atoms with Crippen LogP contribution in [0.15, 0.2) is 0 Å². The Balaban J connectivity index is 3.93. The van der Waals surface area contributed by atoms with Gasteiger partial charge in [0.25, 0.3) is 0 Å². The van der Waals surface area contributed by atoms with Gasteiger partial charge in [0.05, 0.1) is 0 Å². The van der Waals surface area contributed by atoms with E-state index in [-0.39, 0.29) is 12.6 Å². The van der Waals surface area contributed by atoms with Crippen molar-refractivity contribution in [3.05, 3.63) is 0 Å². The lowest BCUT2D eigenvalue weighted by Gasteiger charge is -2.21. The Morgan fingerprint density at radius 3 is 2.31 bits per heavy atom. The average Bonchev–Trinajstić information content (AvgIpc) is 2.08. The fourth-order valence-electron chi connectivity index (χ4n) is 0.993. The molecule has 0 heterocycles. The van der Waals surface area contributed by atoms with E-state index in [0.717, 1.165) is 0 Å². The van der Waals surface area contributed by atoms with Crippen molar-refractivity contribution >= 4 is 12.2 Å². The number of carbonyl (C=O) groups excluding carboxylic acids is 1. The van der Waals surface area contributed by atoms with E-state index in [9.17, 15) is 9.59 Å². The molecule has 3 N–H and O–H groups in total. The van der Waals surface area contributed by atoms with Gasteiger partial charge in [-0.25, -0.2) is 9.59 Å². The Bertz CT molecular complexity index is 248. The molecule has 1 unspecified atom stereocenters. The minimum Gasteiger partial charge on any atom is -0.465 e. The van der Waals surface area contributed by atoms with Gasteiger partial charge >= 0.3 is 12.2 Å². The lowest BCUT2D eigenvalue weighted by molar-refractivity contribution is 0.0521. The number of nitrogens with one attached hydrogen (secondary N) is 2. The second-order valence-corrected chi connectivity index (χ2v) is 4.44. The molecule has 0 aromatic rings. The Morgan fingerprint density at radius 1 is 1.38 bits per heavy atom. The van der Waals surface area contributed by atoms with Crippen molar-refractivity contribution in [3.63, 3.8) is 0 Å². The Hall–Kier alpha value is -1.46. The first kappa shape index (κ1) is 14.5. The van der Waals surface area contributed by atoms with Gasteiger partial charge in [0.15, 0.2) is 0 Å². The number of hydrogen-bond donors (Lipinski definition) is 3. The molecule has 94 valence electrons. The van der Waals surface area contributed by atoms with E-state index in [1.54, 1.807) is 20.8 Å². The van der Waals surface area contributed by atoms with Crippen LogP contribution in [-0.4, -0.2) is 35.5 Å². The number of alkyl carbamates (subject to hydrolysis) is 1. The summed E-state index contributed by atoms with van der Waals surface area (Å²) in [5.74, 6) is 0. The van der Waals surface area contributed by atoms with Gasteiger partial charge in [0, 0.05) is 12.6 Å². The lowest BCUT2D eigenvalue weighted by atomic mass is 10.2. The van der Waals surface area contributed by atoms with Gasteiger partial charge in [-0.05, 0) is 27.2 Å². The third-order valence-corrected chi connectivity index (χ3v) is 1.71. The van der Waals surface area contributed by atoms with Crippen LogP contribution in [0.5, 0.6) is 0 Å². The summed E-state index contributed by atoms with van der Waals surface area (Å²) in [6.45, 7) is 7.34. The minimum absolute atomic E-state index is 0.220. The van der Waals surface area contributed by atoms with Crippen LogP contribution in [0.1, 0.15) is 34.1 Å². The van der Waals surface area contributed by atoms with Crippen LogP contribution in [0.2, 0.25) is 0 Å². The minimum atomic E-state index is -1.10. The molecular formula is C10H20N2O4. The smallest absolute Gasteiger partial charge is 0.407 e. The molecule has 6 heteroatoms. The van der Waals surface area contributed by atoms with E-state index in [4.69, 9.17) is 9.84 Å². The number of ether oxygens (including phenoxy) is 1. The topological polar surface area (TPSA) is 87.7 Å². The highest BCUT2D eigenvalue weighted by Crippen LogP contribution is 2.06. The van der Waals surface area contributed by atoms with E-state index in [2.05, 4.69) is 10.6 Å². The lowest BCUT2D eigenvalue weighted by Crippen LogP contribution is -2.44. The fourth-order valence-corrected chi connectivity index (χ4v) is 0.993. The maximum absolute atomic E-state index is 11.3. The van der Waals surface area contributed by atoms with E-state index in [0.29, 0.717) is 6.42 Å². The zero-order valence-electron chi connectivity index (χ0n) is 10.2. The van der Waals surface area contributed by atoms with Crippen molar-refractivity contribution in [2.75, 3.05) is 6.54 Å². The molecule has 6 nitrogen and oxygen atoms in total. The molecule has 0 saturated carbocycles. The fraction of sp³-hybridized carbons (Fsp3) is 0.800. The summed E-state index contributed by atoms with van der Waals surface area (Å²) in [6.07, 6.45) is -1.04. The molecule has 0 fully saturated rings. The van der Waals surface area contributed by atoms with Crippen LogP contribution in [0.25, 0.3) is 0 Å². The molecule has 0 aromatic heterocycles. The maximum atomic E-state index is 11.3. The van der Waals surface area contributed by atoms with Crippen LogP contribution in [0.4, 0.5) is 9.59 Å². The SMILES string of the molecule is CCC(CNC(=O)OC(C)(C)C)NC(=O)O. The van der Waals surface area contributed by atoms with E-state index < -0.39 is 17.8 Å². The standard InChI is InChI=1S/C10H20N2O4/c1-5-7(12-8(13)14)6-11-9(15)16-10(2,3)4/h7,12H,5-6H2,1-4H3,(H,11,15)(H,13,14). The monoisotopic (exact) mass is 232 g/mol. The molecule has 0 bridgehead atoms. The van der Waals surface area contributed by atoms with Crippen molar-refractivity contribution in [1.29, 1.82) is 0 Å². The number of rotatable bonds is 4. The molecule has 0 radical (unpaired) electrons. The largest absolute Gasteiger partial charge is 0.465 e. The summed E-state index contributed by atoms with van der Waals surface area (Å²) in [5, 5.41) is 13.3. The molecule has 0 rings (SSSR count). The number of hydrogen-bond acceptors (Lipinski definition) is 3. The molecule has 2 amide bonds. The highest BCUT2D eigenvalue weighted by Gasteiger charge is 2.17. The molecule has 0 spiro atoms. The predicted molar refractivity (Wildman–Crippen MR) is 59.5 cm³/mol. The van der Waals surface area contributed by atoms with Crippen LogP contribution in [-0.2, 0) is 4.74 Å². The van der Waals surface area contributed by atoms with E-state index in [1.165, 1.54) is 0 Å². The first-order valence-corrected chi connectivity index (χ1v) is 5.21. The van der Waals surface area contributed by atoms with E-state index in [1.807, 2.05) is 6.92 Å². The molecule has 0 saturated heterocycles. The van der Waals surface area contributed by atoms with Crippen LogP contribution in [0.3, 0.4) is 0 Å². The highest BCUT2D eigenvalue weighted by molar-refractivity contribution is 5.68. The van der Waals surface area contributed by atoms with Crippen molar-refractivity contribution in [2.24, 2.45) is 0 Å². The quantitative estimate of drug-likeness (QED) is 0.686. The summed E-state index contributed by atoms with van der Waals surface area (Å²) < 4.78 is 5.01. The third-order valence-electron chi connectivity index (χ3n) is 1.71. The van der Waals surface area contributed by atoms with E-state index >= 15 is 0 Å². The van der Waals surface area contributed by atoms with Crippen molar-refractivity contribution in [3.8, 4) is 0 Å². The zero-order chi connectivity index (χ0) is 12.8. The molecule has 0 aliphatic carbocycles. The summed E-state index contributed by atoms with van der Waals surface area (Å²) in [5.41, 5.74) is -0.550. The van der Waals surface area contributed by atoms with Gasteiger partial charge in [0.1, 0.15) is 5.60 Å². The Labute approximate surface area is 95.4 Å². The predicted octanol–water partition coefficient (Wildman–Crippen LogP) is 1.56. The van der Waals surface area contributed by atoms with Gasteiger partial charge < -0.3 is 20.5 Å². The molecule has 16 heavy (non-hydrogen) atoms. The Kier molecular flexibility index (Phi) is 5.63. The van der Waals surface area contributed by atoms with Crippen molar-refractivity contribution in [1.82, 2.24) is 10.6 Å². The number of carboxylic acid groups (broad SMARTS) is 1. The Morgan fingerprint density at radius 2 is 1.94 bits per heavy atom. The third kappa shape index (κ3) is 7.90. The maximum Gasteiger partial charge on any atom is 0.407 e. The second kappa shape index (κ2) is 6.19. The second-order valence-electron chi connectivity index (χ2n) is 4.44. The molecular weight excluding hydrogens is 212 g/mol. The summed E-state index contributed by atoms with van der Waals surface area (Å²) >= 11 is 0. The first-order chi connectivity index (χ1) is 7.24. The van der Waals surface area contributed by atoms with Gasteiger partial charge in [-0.15, -0.1) is 0 Å². The molecule has 0 aromatic carbocycles. The van der Waals surface area contributed by atoms with Crippen LogP contribution < -0.4 is 10.6 Å². The molecule has 0 aliphatic heterocycles. The molecule has 0 aliphatic rings. The number of amides is 2. The molecule has 1 atom stereocenters. The highest BCUT2D eigenvalue weighted by atomic mass is 16.6. The van der Waals surface area contributed by atoms with Crippen molar-refractivity contribution < 1.29 is 19.4 Å². The van der Waals surface area contributed by atoms with Crippen molar-refractivity contribution in [2.45, 2.75) is 45.8 Å².